The van der Waals surface area contributed by atoms with Gasteiger partial charge < -0.3 is 10.8 Å². The molecule has 0 radical (unpaired) electrons. The summed E-state index contributed by atoms with van der Waals surface area (Å²) in [7, 11) is 0. The van der Waals surface area contributed by atoms with Crippen LogP contribution in [0.5, 0.6) is 0 Å². The molecular formula is C9H10N2O. The number of aliphatic hydroxyl groups excluding tert-OH is 1. The molecule has 0 saturated heterocycles. The van der Waals surface area contributed by atoms with Crippen molar-refractivity contribution < 1.29 is 5.11 Å². The van der Waals surface area contributed by atoms with Crippen LogP contribution in [-0.2, 0) is 6.61 Å². The molecule has 0 aliphatic heterocycles. The van der Waals surface area contributed by atoms with Crippen molar-refractivity contribution in [2.24, 2.45) is 5.73 Å². The molecule has 1 atom stereocenters. The molecule has 0 saturated carbocycles. The number of hydrogen-bond donors (Lipinski definition) is 2. The Hall–Kier alpha value is -1.37. The summed E-state index contributed by atoms with van der Waals surface area (Å²) >= 11 is 0. The van der Waals surface area contributed by atoms with E-state index in [2.05, 4.69) is 0 Å². The van der Waals surface area contributed by atoms with Gasteiger partial charge in [-0.1, -0.05) is 24.3 Å². The summed E-state index contributed by atoms with van der Waals surface area (Å²) in [4.78, 5) is 0. The summed E-state index contributed by atoms with van der Waals surface area (Å²) in [5.41, 5.74) is 7.06. The number of rotatable bonds is 2. The minimum absolute atomic E-state index is 0.0159. The maximum Gasteiger partial charge on any atom is 0.118 e. The van der Waals surface area contributed by atoms with Crippen LogP contribution in [0.3, 0.4) is 0 Å². The van der Waals surface area contributed by atoms with Crippen molar-refractivity contribution in [1.82, 2.24) is 0 Å². The largest absolute Gasteiger partial charge is 0.392 e. The van der Waals surface area contributed by atoms with Gasteiger partial charge in [0.1, 0.15) is 6.04 Å². The summed E-state index contributed by atoms with van der Waals surface area (Å²) in [6, 6.07) is 8.37. The molecule has 0 aliphatic carbocycles. The fraction of sp³-hybridized carbons (Fsp3) is 0.222. The first kappa shape index (κ1) is 8.72. The summed E-state index contributed by atoms with van der Waals surface area (Å²) in [5.74, 6) is 0. The molecule has 1 unspecified atom stereocenters. The van der Waals surface area contributed by atoms with Crippen LogP contribution in [0.15, 0.2) is 24.3 Å². The van der Waals surface area contributed by atoms with E-state index < -0.39 is 6.04 Å². The SMILES string of the molecule is N#CC(N)c1ccc(CO)cc1. The second kappa shape index (κ2) is 3.86. The number of nitriles is 1. The predicted molar refractivity (Wildman–Crippen MR) is 44.9 cm³/mol. The van der Waals surface area contributed by atoms with Crippen LogP contribution in [0.1, 0.15) is 17.2 Å². The zero-order chi connectivity index (χ0) is 8.97. The molecule has 12 heavy (non-hydrogen) atoms. The first-order chi connectivity index (χ1) is 5.77. The third kappa shape index (κ3) is 1.82. The van der Waals surface area contributed by atoms with Crippen molar-refractivity contribution in [3.8, 4) is 6.07 Å². The Bertz CT molecular complexity index is 286. The normalized spacial score (nSPS) is 12.1. The van der Waals surface area contributed by atoms with Crippen molar-refractivity contribution in [3.05, 3.63) is 35.4 Å². The lowest BCUT2D eigenvalue weighted by atomic mass is 10.1. The van der Waals surface area contributed by atoms with E-state index in [1.165, 1.54) is 0 Å². The number of benzene rings is 1. The molecule has 1 aromatic carbocycles. The molecular weight excluding hydrogens is 152 g/mol. The van der Waals surface area contributed by atoms with Crippen LogP contribution in [0.2, 0.25) is 0 Å². The van der Waals surface area contributed by atoms with Crippen molar-refractivity contribution in [2.45, 2.75) is 12.6 Å². The van der Waals surface area contributed by atoms with E-state index in [1.807, 2.05) is 6.07 Å². The van der Waals surface area contributed by atoms with Crippen LogP contribution in [0.25, 0.3) is 0 Å². The quantitative estimate of drug-likeness (QED) is 0.672. The second-order valence-electron chi connectivity index (χ2n) is 2.51. The van der Waals surface area contributed by atoms with Gasteiger partial charge in [0.05, 0.1) is 12.7 Å². The molecule has 1 rings (SSSR count). The monoisotopic (exact) mass is 162 g/mol. The topological polar surface area (TPSA) is 70.0 Å². The second-order valence-corrected chi connectivity index (χ2v) is 2.51. The third-order valence-electron chi connectivity index (χ3n) is 1.66. The predicted octanol–water partition coefficient (Wildman–Crippen LogP) is 0.702. The van der Waals surface area contributed by atoms with Crippen molar-refractivity contribution in [3.63, 3.8) is 0 Å². The Morgan fingerprint density at radius 2 is 2.00 bits per heavy atom. The van der Waals surface area contributed by atoms with Gasteiger partial charge in [-0.3, -0.25) is 0 Å². The smallest absolute Gasteiger partial charge is 0.118 e. The average Bonchev–Trinajstić information content (AvgIpc) is 2.17. The summed E-state index contributed by atoms with van der Waals surface area (Å²) in [6.07, 6.45) is 0. The molecule has 0 fully saturated rings. The van der Waals surface area contributed by atoms with E-state index in [1.54, 1.807) is 24.3 Å². The fourth-order valence-corrected chi connectivity index (χ4v) is 0.905. The summed E-state index contributed by atoms with van der Waals surface area (Å²) in [5, 5.41) is 17.2. The Morgan fingerprint density at radius 3 is 2.42 bits per heavy atom. The van der Waals surface area contributed by atoms with Crippen LogP contribution in [-0.4, -0.2) is 5.11 Å². The molecule has 0 amide bonds. The van der Waals surface area contributed by atoms with Crippen LogP contribution >= 0.6 is 0 Å². The maximum atomic E-state index is 8.73. The molecule has 0 bridgehead atoms. The van der Waals surface area contributed by atoms with Crippen LogP contribution in [0, 0.1) is 11.3 Å². The van der Waals surface area contributed by atoms with E-state index in [-0.39, 0.29) is 6.61 Å². The van der Waals surface area contributed by atoms with E-state index >= 15 is 0 Å². The van der Waals surface area contributed by atoms with Gasteiger partial charge in [-0.05, 0) is 11.1 Å². The Labute approximate surface area is 71.1 Å². The van der Waals surface area contributed by atoms with E-state index in [0.717, 1.165) is 11.1 Å². The molecule has 3 heteroatoms. The van der Waals surface area contributed by atoms with Crippen molar-refractivity contribution >= 4 is 0 Å². The minimum atomic E-state index is -0.572. The number of hydrogen-bond acceptors (Lipinski definition) is 3. The van der Waals surface area contributed by atoms with Crippen molar-refractivity contribution in [1.29, 1.82) is 5.26 Å². The number of nitrogens with zero attached hydrogens (tertiary/aromatic N) is 1. The molecule has 3 N–H and O–H groups in total. The highest BCUT2D eigenvalue weighted by Crippen LogP contribution is 2.10. The number of aliphatic hydroxyl groups is 1. The standard InChI is InChI=1S/C9H10N2O/c10-5-9(11)8-3-1-7(6-12)2-4-8/h1-4,9,12H,6,11H2. The van der Waals surface area contributed by atoms with E-state index in [0.29, 0.717) is 0 Å². The fourth-order valence-electron chi connectivity index (χ4n) is 0.905. The molecule has 62 valence electrons. The third-order valence-corrected chi connectivity index (χ3v) is 1.66. The lowest BCUT2D eigenvalue weighted by Gasteiger charge is -2.02. The van der Waals surface area contributed by atoms with Crippen LogP contribution < -0.4 is 5.73 Å². The van der Waals surface area contributed by atoms with Crippen molar-refractivity contribution in [2.75, 3.05) is 0 Å². The Morgan fingerprint density at radius 1 is 1.42 bits per heavy atom. The molecule has 0 aliphatic rings. The number of nitrogens with two attached hydrogens (primary N) is 1. The maximum absolute atomic E-state index is 8.73. The molecule has 3 nitrogen and oxygen atoms in total. The Kier molecular flexibility index (Phi) is 2.81. The highest BCUT2D eigenvalue weighted by molar-refractivity contribution is 5.27. The zero-order valence-electron chi connectivity index (χ0n) is 6.57. The summed E-state index contributed by atoms with van der Waals surface area (Å²) in [6.45, 7) is 0.0159. The van der Waals surface area contributed by atoms with Gasteiger partial charge >= 0.3 is 0 Å². The molecule has 0 spiro atoms. The lowest BCUT2D eigenvalue weighted by molar-refractivity contribution is 0.282. The molecule has 1 aromatic rings. The highest BCUT2D eigenvalue weighted by atomic mass is 16.3. The van der Waals surface area contributed by atoms with E-state index in [9.17, 15) is 0 Å². The van der Waals surface area contributed by atoms with Gasteiger partial charge in [-0.2, -0.15) is 5.26 Å². The zero-order valence-corrected chi connectivity index (χ0v) is 6.57. The highest BCUT2D eigenvalue weighted by Gasteiger charge is 2.02. The Balaban J connectivity index is 2.86. The van der Waals surface area contributed by atoms with Gasteiger partial charge in [-0.25, -0.2) is 0 Å². The van der Waals surface area contributed by atoms with Crippen LogP contribution in [0.4, 0.5) is 0 Å². The lowest BCUT2D eigenvalue weighted by Crippen LogP contribution is -2.06. The first-order valence-corrected chi connectivity index (χ1v) is 3.63. The molecule has 0 heterocycles. The first-order valence-electron chi connectivity index (χ1n) is 3.63. The summed E-state index contributed by atoms with van der Waals surface area (Å²) < 4.78 is 0. The minimum Gasteiger partial charge on any atom is -0.392 e. The van der Waals surface area contributed by atoms with Gasteiger partial charge in [-0.15, -0.1) is 0 Å². The van der Waals surface area contributed by atoms with Gasteiger partial charge in [0.15, 0.2) is 0 Å². The molecule has 0 aromatic heterocycles. The average molecular weight is 162 g/mol. The van der Waals surface area contributed by atoms with E-state index in [4.69, 9.17) is 16.1 Å². The van der Waals surface area contributed by atoms with Gasteiger partial charge in [0, 0.05) is 0 Å². The van der Waals surface area contributed by atoms with Gasteiger partial charge in [0.2, 0.25) is 0 Å². The van der Waals surface area contributed by atoms with Gasteiger partial charge in [0.25, 0.3) is 0 Å².